The van der Waals surface area contributed by atoms with Crippen molar-refractivity contribution in [3.63, 3.8) is 0 Å². The van der Waals surface area contributed by atoms with Gasteiger partial charge in [0, 0.05) is 6.42 Å². The van der Waals surface area contributed by atoms with Crippen LogP contribution < -0.4 is 11.5 Å². The van der Waals surface area contributed by atoms with Crippen LogP contribution in [-0.4, -0.2) is 6.54 Å². The van der Waals surface area contributed by atoms with Gasteiger partial charge < -0.3 is 15.9 Å². The molecule has 0 spiro atoms. The third-order valence-corrected chi connectivity index (χ3v) is 2.37. The standard InChI is InChI=1S/C11H20N2O.ClH/c1-2-9-6-7-11(14-9)10(13)5-3-4-8-12;/h6-7,10H,2-5,8,12-13H2,1H3;1H/t10-;/m1./s1. The molecular formula is C11H21ClN2O. The normalized spacial score (nSPS) is 12.2. The van der Waals surface area contributed by atoms with Crippen LogP contribution in [0.5, 0.6) is 0 Å². The summed E-state index contributed by atoms with van der Waals surface area (Å²) in [7, 11) is 0. The number of aryl methyl sites for hydroxylation is 1. The second-order valence-corrected chi connectivity index (χ2v) is 3.55. The Balaban J connectivity index is 0.00000196. The van der Waals surface area contributed by atoms with Crippen molar-refractivity contribution in [2.45, 2.75) is 38.6 Å². The Morgan fingerprint density at radius 2 is 2.07 bits per heavy atom. The number of hydrogen-bond acceptors (Lipinski definition) is 3. The van der Waals surface area contributed by atoms with Gasteiger partial charge in [-0.1, -0.05) is 13.3 Å². The lowest BCUT2D eigenvalue weighted by Gasteiger charge is -2.07. The van der Waals surface area contributed by atoms with Gasteiger partial charge in [-0.05, 0) is 31.5 Å². The summed E-state index contributed by atoms with van der Waals surface area (Å²) in [6, 6.07) is 4.01. The summed E-state index contributed by atoms with van der Waals surface area (Å²) in [5.41, 5.74) is 11.4. The van der Waals surface area contributed by atoms with Crippen LogP contribution in [0.4, 0.5) is 0 Å². The molecule has 15 heavy (non-hydrogen) atoms. The molecule has 0 aliphatic heterocycles. The molecule has 0 amide bonds. The van der Waals surface area contributed by atoms with Crippen LogP contribution >= 0.6 is 12.4 Å². The quantitative estimate of drug-likeness (QED) is 0.741. The zero-order valence-electron chi connectivity index (χ0n) is 9.24. The van der Waals surface area contributed by atoms with Gasteiger partial charge in [0.2, 0.25) is 0 Å². The fourth-order valence-electron chi connectivity index (χ4n) is 1.43. The fraction of sp³-hybridized carbons (Fsp3) is 0.636. The summed E-state index contributed by atoms with van der Waals surface area (Å²) in [6.07, 6.45) is 3.98. The maximum absolute atomic E-state index is 5.97. The number of furan rings is 1. The highest BCUT2D eigenvalue weighted by atomic mass is 35.5. The highest BCUT2D eigenvalue weighted by molar-refractivity contribution is 5.85. The molecule has 4 N–H and O–H groups in total. The molecule has 0 saturated carbocycles. The minimum absolute atomic E-state index is 0. The molecule has 1 rings (SSSR count). The molecule has 1 atom stereocenters. The lowest BCUT2D eigenvalue weighted by molar-refractivity contribution is 0.419. The van der Waals surface area contributed by atoms with Crippen molar-refractivity contribution >= 4 is 12.4 Å². The van der Waals surface area contributed by atoms with Gasteiger partial charge in [0.25, 0.3) is 0 Å². The summed E-state index contributed by atoms with van der Waals surface area (Å²) in [5, 5.41) is 0. The molecule has 3 nitrogen and oxygen atoms in total. The molecule has 1 aromatic heterocycles. The maximum atomic E-state index is 5.97. The van der Waals surface area contributed by atoms with Gasteiger partial charge >= 0.3 is 0 Å². The van der Waals surface area contributed by atoms with Gasteiger partial charge in [0.05, 0.1) is 6.04 Å². The predicted molar refractivity (Wildman–Crippen MR) is 65.2 cm³/mol. The number of rotatable bonds is 6. The smallest absolute Gasteiger partial charge is 0.120 e. The summed E-state index contributed by atoms with van der Waals surface area (Å²) >= 11 is 0. The van der Waals surface area contributed by atoms with E-state index in [4.69, 9.17) is 15.9 Å². The Morgan fingerprint density at radius 3 is 2.60 bits per heavy atom. The van der Waals surface area contributed by atoms with E-state index in [-0.39, 0.29) is 18.4 Å². The number of nitrogens with two attached hydrogens (primary N) is 2. The van der Waals surface area contributed by atoms with E-state index >= 15 is 0 Å². The van der Waals surface area contributed by atoms with E-state index in [1.165, 1.54) is 0 Å². The van der Waals surface area contributed by atoms with Gasteiger partial charge in [-0.25, -0.2) is 0 Å². The van der Waals surface area contributed by atoms with E-state index in [9.17, 15) is 0 Å². The first-order chi connectivity index (χ1) is 6.77. The fourth-order valence-corrected chi connectivity index (χ4v) is 1.43. The van der Waals surface area contributed by atoms with Gasteiger partial charge in [-0.15, -0.1) is 12.4 Å². The monoisotopic (exact) mass is 232 g/mol. The van der Waals surface area contributed by atoms with E-state index in [1.807, 2.05) is 12.1 Å². The van der Waals surface area contributed by atoms with E-state index in [2.05, 4.69) is 6.92 Å². The average Bonchev–Trinajstić information content (AvgIpc) is 2.66. The largest absolute Gasteiger partial charge is 0.464 e. The van der Waals surface area contributed by atoms with Crippen LogP contribution in [0.15, 0.2) is 16.5 Å². The number of unbranched alkanes of at least 4 members (excludes halogenated alkanes) is 1. The third kappa shape index (κ3) is 4.69. The van der Waals surface area contributed by atoms with Gasteiger partial charge in [-0.3, -0.25) is 0 Å². The number of halogens is 1. The summed E-state index contributed by atoms with van der Waals surface area (Å²) in [4.78, 5) is 0. The summed E-state index contributed by atoms with van der Waals surface area (Å²) in [5.74, 6) is 1.91. The third-order valence-electron chi connectivity index (χ3n) is 2.37. The van der Waals surface area contributed by atoms with Gasteiger partial charge in [-0.2, -0.15) is 0 Å². The maximum Gasteiger partial charge on any atom is 0.120 e. The highest BCUT2D eigenvalue weighted by Crippen LogP contribution is 2.19. The second-order valence-electron chi connectivity index (χ2n) is 3.55. The van der Waals surface area contributed by atoms with Crippen LogP contribution in [0.1, 0.15) is 43.7 Å². The SMILES string of the molecule is CCc1ccc([C@H](N)CCCCN)o1.Cl. The Kier molecular flexibility index (Phi) is 7.48. The zero-order valence-corrected chi connectivity index (χ0v) is 10.1. The van der Waals surface area contributed by atoms with Crippen LogP contribution in [0.3, 0.4) is 0 Å². The van der Waals surface area contributed by atoms with E-state index in [0.717, 1.165) is 43.7 Å². The van der Waals surface area contributed by atoms with Crippen molar-refractivity contribution in [1.29, 1.82) is 0 Å². The molecule has 1 heterocycles. The van der Waals surface area contributed by atoms with Crippen molar-refractivity contribution in [1.82, 2.24) is 0 Å². The van der Waals surface area contributed by atoms with Crippen LogP contribution in [-0.2, 0) is 6.42 Å². The molecule has 0 aromatic carbocycles. The van der Waals surface area contributed by atoms with Crippen molar-refractivity contribution in [2.24, 2.45) is 11.5 Å². The molecule has 0 aliphatic rings. The number of hydrogen-bond donors (Lipinski definition) is 2. The first-order valence-electron chi connectivity index (χ1n) is 5.32. The Labute approximate surface area is 97.6 Å². The topological polar surface area (TPSA) is 65.2 Å². The van der Waals surface area contributed by atoms with Crippen LogP contribution in [0.2, 0.25) is 0 Å². The Hall–Kier alpha value is -0.510. The minimum atomic E-state index is 0. The lowest BCUT2D eigenvalue weighted by Crippen LogP contribution is -2.10. The molecule has 0 aliphatic carbocycles. The summed E-state index contributed by atoms with van der Waals surface area (Å²) < 4.78 is 5.57. The molecule has 0 fully saturated rings. The molecular weight excluding hydrogens is 212 g/mol. The molecule has 0 saturated heterocycles. The van der Waals surface area contributed by atoms with Crippen molar-refractivity contribution < 1.29 is 4.42 Å². The minimum Gasteiger partial charge on any atom is -0.464 e. The van der Waals surface area contributed by atoms with E-state index in [1.54, 1.807) is 0 Å². The second kappa shape index (κ2) is 7.74. The van der Waals surface area contributed by atoms with Gasteiger partial charge in [0.15, 0.2) is 0 Å². The van der Waals surface area contributed by atoms with Crippen LogP contribution in [0.25, 0.3) is 0 Å². The highest BCUT2D eigenvalue weighted by Gasteiger charge is 2.09. The average molecular weight is 233 g/mol. The zero-order chi connectivity index (χ0) is 10.4. The molecule has 88 valence electrons. The first-order valence-corrected chi connectivity index (χ1v) is 5.32. The van der Waals surface area contributed by atoms with Crippen molar-refractivity contribution in [2.75, 3.05) is 6.54 Å². The first kappa shape index (κ1) is 14.5. The molecule has 1 aromatic rings. The molecule has 0 radical (unpaired) electrons. The molecule has 0 unspecified atom stereocenters. The molecule has 4 heteroatoms. The van der Waals surface area contributed by atoms with Crippen molar-refractivity contribution in [3.8, 4) is 0 Å². The Morgan fingerprint density at radius 1 is 1.33 bits per heavy atom. The van der Waals surface area contributed by atoms with Gasteiger partial charge in [0.1, 0.15) is 11.5 Å². The predicted octanol–water partition coefficient (Wildman–Crippen LogP) is 2.39. The van der Waals surface area contributed by atoms with Crippen molar-refractivity contribution in [3.05, 3.63) is 23.7 Å². The molecule has 0 bridgehead atoms. The van der Waals surface area contributed by atoms with E-state index in [0.29, 0.717) is 0 Å². The van der Waals surface area contributed by atoms with E-state index < -0.39 is 0 Å². The summed E-state index contributed by atoms with van der Waals surface area (Å²) in [6.45, 7) is 2.81. The van der Waals surface area contributed by atoms with Crippen LogP contribution in [0, 0.1) is 0 Å². The Bertz CT molecular complexity index is 263. The lowest BCUT2D eigenvalue weighted by atomic mass is 10.1.